The number of aryl methyl sites for hydroxylation is 1. The van der Waals surface area contributed by atoms with Crippen molar-refractivity contribution >= 4 is 5.95 Å². The first-order valence-electron chi connectivity index (χ1n) is 5.83. The Labute approximate surface area is 106 Å². The van der Waals surface area contributed by atoms with E-state index >= 15 is 0 Å². The van der Waals surface area contributed by atoms with Crippen LogP contribution in [0.15, 0.2) is 30.3 Å². The Morgan fingerprint density at radius 1 is 1.28 bits per heavy atom. The van der Waals surface area contributed by atoms with Gasteiger partial charge in [0, 0.05) is 17.8 Å². The molecule has 90 valence electrons. The molecule has 0 amide bonds. The SMILES string of the molecule is CCNc1nc(C)cc(-c2cccc(C#N)c2)n1. The first kappa shape index (κ1) is 12.1. The molecule has 0 saturated carbocycles. The summed E-state index contributed by atoms with van der Waals surface area (Å²) in [5, 5.41) is 12.0. The van der Waals surface area contributed by atoms with Gasteiger partial charge >= 0.3 is 0 Å². The minimum atomic E-state index is 0.620. The molecule has 0 saturated heterocycles. The second kappa shape index (κ2) is 5.28. The smallest absolute Gasteiger partial charge is 0.223 e. The topological polar surface area (TPSA) is 61.6 Å². The second-order valence-corrected chi connectivity index (χ2v) is 3.94. The monoisotopic (exact) mass is 238 g/mol. The van der Waals surface area contributed by atoms with Gasteiger partial charge in [-0.25, -0.2) is 9.97 Å². The van der Waals surface area contributed by atoms with E-state index in [2.05, 4.69) is 21.4 Å². The molecule has 0 radical (unpaired) electrons. The molecule has 0 aliphatic heterocycles. The Balaban J connectivity index is 2.46. The van der Waals surface area contributed by atoms with E-state index in [0.29, 0.717) is 11.5 Å². The summed E-state index contributed by atoms with van der Waals surface area (Å²) in [6.07, 6.45) is 0. The van der Waals surface area contributed by atoms with Crippen molar-refractivity contribution in [2.45, 2.75) is 13.8 Å². The van der Waals surface area contributed by atoms with E-state index in [1.165, 1.54) is 0 Å². The first-order chi connectivity index (χ1) is 8.72. The summed E-state index contributed by atoms with van der Waals surface area (Å²) in [6.45, 7) is 4.71. The second-order valence-electron chi connectivity index (χ2n) is 3.94. The number of rotatable bonds is 3. The molecular formula is C14H14N4. The average Bonchev–Trinajstić information content (AvgIpc) is 2.38. The maximum absolute atomic E-state index is 8.91. The van der Waals surface area contributed by atoms with Gasteiger partial charge in [-0.15, -0.1) is 0 Å². The van der Waals surface area contributed by atoms with Crippen LogP contribution in [0.25, 0.3) is 11.3 Å². The lowest BCUT2D eigenvalue weighted by atomic mass is 10.1. The van der Waals surface area contributed by atoms with E-state index in [9.17, 15) is 0 Å². The molecule has 0 aliphatic rings. The molecule has 4 nitrogen and oxygen atoms in total. The molecule has 0 bridgehead atoms. The fourth-order valence-corrected chi connectivity index (χ4v) is 1.70. The van der Waals surface area contributed by atoms with Gasteiger partial charge in [0.05, 0.1) is 17.3 Å². The maximum Gasteiger partial charge on any atom is 0.223 e. The van der Waals surface area contributed by atoms with Crippen LogP contribution in [0.2, 0.25) is 0 Å². The number of anilines is 1. The van der Waals surface area contributed by atoms with Gasteiger partial charge in [-0.1, -0.05) is 12.1 Å². The van der Waals surface area contributed by atoms with E-state index in [4.69, 9.17) is 5.26 Å². The van der Waals surface area contributed by atoms with Gasteiger partial charge in [-0.3, -0.25) is 0 Å². The highest BCUT2D eigenvalue weighted by atomic mass is 15.1. The van der Waals surface area contributed by atoms with Gasteiger partial charge in [0.25, 0.3) is 0 Å². The van der Waals surface area contributed by atoms with Crippen LogP contribution >= 0.6 is 0 Å². The van der Waals surface area contributed by atoms with Crippen molar-refractivity contribution in [3.8, 4) is 17.3 Å². The number of nitriles is 1. The highest BCUT2D eigenvalue weighted by Crippen LogP contribution is 2.20. The zero-order valence-corrected chi connectivity index (χ0v) is 10.4. The summed E-state index contributed by atoms with van der Waals surface area (Å²) < 4.78 is 0. The number of hydrogen-bond acceptors (Lipinski definition) is 4. The fourth-order valence-electron chi connectivity index (χ4n) is 1.70. The molecule has 18 heavy (non-hydrogen) atoms. The average molecular weight is 238 g/mol. The molecule has 0 unspecified atom stereocenters. The standard InChI is InChI=1S/C14H14N4/c1-3-16-14-17-10(2)7-13(18-14)12-6-4-5-11(8-12)9-15/h4-8H,3H2,1-2H3,(H,16,17,18). The van der Waals surface area contributed by atoms with Crippen molar-refractivity contribution in [1.82, 2.24) is 9.97 Å². The minimum Gasteiger partial charge on any atom is -0.354 e. The highest BCUT2D eigenvalue weighted by Gasteiger charge is 2.04. The first-order valence-corrected chi connectivity index (χ1v) is 5.83. The summed E-state index contributed by atoms with van der Waals surface area (Å²) in [7, 11) is 0. The van der Waals surface area contributed by atoms with Crippen molar-refractivity contribution < 1.29 is 0 Å². The molecule has 0 fully saturated rings. The lowest BCUT2D eigenvalue weighted by Gasteiger charge is -2.07. The Kier molecular flexibility index (Phi) is 3.54. The van der Waals surface area contributed by atoms with Gasteiger partial charge < -0.3 is 5.32 Å². The number of benzene rings is 1. The summed E-state index contributed by atoms with van der Waals surface area (Å²) in [5.74, 6) is 0.620. The summed E-state index contributed by atoms with van der Waals surface area (Å²) >= 11 is 0. The summed E-state index contributed by atoms with van der Waals surface area (Å²) in [4.78, 5) is 8.74. The van der Waals surface area contributed by atoms with Crippen LogP contribution in [0, 0.1) is 18.3 Å². The third-order valence-electron chi connectivity index (χ3n) is 2.48. The molecule has 1 N–H and O–H groups in total. The van der Waals surface area contributed by atoms with Gasteiger partial charge in [0.1, 0.15) is 0 Å². The number of aromatic nitrogens is 2. The lowest BCUT2D eigenvalue weighted by molar-refractivity contribution is 1.05. The normalized spacial score (nSPS) is 9.83. The quantitative estimate of drug-likeness (QED) is 0.893. The summed E-state index contributed by atoms with van der Waals surface area (Å²) in [6, 6.07) is 11.5. The zero-order chi connectivity index (χ0) is 13.0. The van der Waals surface area contributed by atoms with Crippen LogP contribution in [0.3, 0.4) is 0 Å². The van der Waals surface area contributed by atoms with Crippen molar-refractivity contribution in [2.75, 3.05) is 11.9 Å². The molecule has 1 heterocycles. The molecule has 4 heteroatoms. The van der Waals surface area contributed by atoms with Gasteiger partial charge in [0.2, 0.25) is 5.95 Å². The van der Waals surface area contributed by atoms with Gasteiger partial charge in [0.15, 0.2) is 0 Å². The van der Waals surface area contributed by atoms with Crippen LogP contribution in [-0.4, -0.2) is 16.5 Å². The van der Waals surface area contributed by atoms with Crippen LogP contribution in [0.4, 0.5) is 5.95 Å². The third-order valence-corrected chi connectivity index (χ3v) is 2.48. The molecule has 1 aromatic heterocycles. The predicted octanol–water partition coefficient (Wildman–Crippen LogP) is 2.76. The van der Waals surface area contributed by atoms with Crippen molar-refractivity contribution in [1.29, 1.82) is 5.26 Å². The Hall–Kier alpha value is -2.41. The van der Waals surface area contributed by atoms with E-state index in [-0.39, 0.29) is 0 Å². The number of nitrogens with zero attached hydrogens (tertiary/aromatic N) is 3. The number of nitrogens with one attached hydrogen (secondary N) is 1. The molecule has 0 atom stereocenters. The minimum absolute atomic E-state index is 0.620. The molecule has 2 rings (SSSR count). The Morgan fingerprint density at radius 3 is 2.83 bits per heavy atom. The Morgan fingerprint density at radius 2 is 2.11 bits per heavy atom. The van der Waals surface area contributed by atoms with Crippen LogP contribution in [0.1, 0.15) is 18.2 Å². The highest BCUT2D eigenvalue weighted by molar-refractivity contribution is 5.62. The van der Waals surface area contributed by atoms with Gasteiger partial charge in [-0.05, 0) is 32.0 Å². The van der Waals surface area contributed by atoms with E-state index in [0.717, 1.165) is 23.5 Å². The summed E-state index contributed by atoms with van der Waals surface area (Å²) in [5.41, 5.74) is 3.29. The molecule has 2 aromatic rings. The zero-order valence-electron chi connectivity index (χ0n) is 10.4. The predicted molar refractivity (Wildman–Crippen MR) is 71.1 cm³/mol. The molecule has 0 spiro atoms. The molecule has 1 aromatic carbocycles. The van der Waals surface area contributed by atoms with E-state index < -0.39 is 0 Å². The van der Waals surface area contributed by atoms with Gasteiger partial charge in [-0.2, -0.15) is 5.26 Å². The fraction of sp³-hybridized carbons (Fsp3) is 0.214. The number of hydrogen-bond donors (Lipinski definition) is 1. The molecule has 0 aliphatic carbocycles. The van der Waals surface area contributed by atoms with E-state index in [1.54, 1.807) is 6.07 Å². The van der Waals surface area contributed by atoms with Crippen LogP contribution in [0.5, 0.6) is 0 Å². The van der Waals surface area contributed by atoms with Crippen molar-refractivity contribution in [3.63, 3.8) is 0 Å². The van der Waals surface area contributed by atoms with Crippen molar-refractivity contribution in [3.05, 3.63) is 41.6 Å². The maximum atomic E-state index is 8.91. The lowest BCUT2D eigenvalue weighted by Crippen LogP contribution is -2.03. The van der Waals surface area contributed by atoms with Crippen LogP contribution < -0.4 is 5.32 Å². The van der Waals surface area contributed by atoms with Crippen LogP contribution in [-0.2, 0) is 0 Å². The Bertz CT molecular complexity index is 599. The largest absolute Gasteiger partial charge is 0.354 e. The van der Waals surface area contributed by atoms with Crippen molar-refractivity contribution in [2.24, 2.45) is 0 Å². The van der Waals surface area contributed by atoms with E-state index in [1.807, 2.05) is 38.1 Å². The third kappa shape index (κ3) is 2.64. The molecular weight excluding hydrogens is 224 g/mol.